The van der Waals surface area contributed by atoms with Crippen LogP contribution >= 0.6 is 0 Å². The number of Topliss-reactive ketones (excluding diaryl/α,β-unsaturated/α-hetero) is 1. The van der Waals surface area contributed by atoms with Crippen molar-refractivity contribution in [2.24, 2.45) is 0 Å². The van der Waals surface area contributed by atoms with Crippen molar-refractivity contribution in [1.82, 2.24) is 0 Å². The first kappa shape index (κ1) is 16.5. The summed E-state index contributed by atoms with van der Waals surface area (Å²) in [5.74, 6) is -0.371. The Morgan fingerprint density at radius 1 is 1.04 bits per heavy atom. The lowest BCUT2D eigenvalue weighted by Gasteiger charge is -2.19. The molecule has 1 atom stereocenters. The summed E-state index contributed by atoms with van der Waals surface area (Å²) in [7, 11) is 0. The maximum atomic E-state index is 13.5. The molecular formula is C22H20FN2O+. The van der Waals surface area contributed by atoms with Gasteiger partial charge in [0.15, 0.2) is 12.4 Å². The Balaban J connectivity index is 1.48. The van der Waals surface area contributed by atoms with E-state index in [0.29, 0.717) is 5.56 Å². The second-order valence-corrected chi connectivity index (χ2v) is 6.59. The predicted octanol–water partition coefficient (Wildman–Crippen LogP) is 4.10. The second-order valence-electron chi connectivity index (χ2n) is 6.59. The van der Waals surface area contributed by atoms with Gasteiger partial charge >= 0.3 is 0 Å². The van der Waals surface area contributed by atoms with E-state index < -0.39 is 0 Å². The standard InChI is InChI=1S/C22H19FN2O/c23-18-8-6-17-7-9-21(22(26)20(17)14-18)25-12-10-19(11-13-25)24-15-16-4-2-1-3-5-16/h1-6,8,10-14,21H,7,9,15H2/p+1. The van der Waals surface area contributed by atoms with Gasteiger partial charge in [0.2, 0.25) is 11.8 Å². The number of rotatable bonds is 4. The SMILES string of the molecule is O=C1c2cc(F)ccc2CCC1[n+]1ccc(NCc2ccccc2)cc1. The van der Waals surface area contributed by atoms with Crippen LogP contribution < -0.4 is 9.88 Å². The summed E-state index contributed by atoms with van der Waals surface area (Å²) in [5, 5.41) is 3.38. The number of halogens is 1. The van der Waals surface area contributed by atoms with Gasteiger partial charge in [0.25, 0.3) is 0 Å². The number of carbonyl (C=O) groups is 1. The molecule has 0 radical (unpaired) electrons. The fraction of sp³-hybridized carbons (Fsp3) is 0.182. The number of aryl methyl sites for hydroxylation is 1. The fourth-order valence-corrected chi connectivity index (χ4v) is 3.45. The van der Waals surface area contributed by atoms with E-state index in [0.717, 1.165) is 30.6 Å². The van der Waals surface area contributed by atoms with E-state index in [4.69, 9.17) is 0 Å². The van der Waals surface area contributed by atoms with Gasteiger partial charge < -0.3 is 5.32 Å². The first-order chi connectivity index (χ1) is 12.7. The molecule has 1 N–H and O–H groups in total. The molecule has 1 aliphatic rings. The molecule has 0 spiro atoms. The second kappa shape index (κ2) is 7.08. The molecule has 4 heteroatoms. The van der Waals surface area contributed by atoms with Crippen LogP contribution in [0.15, 0.2) is 73.1 Å². The number of pyridine rings is 1. The molecule has 3 aromatic rings. The van der Waals surface area contributed by atoms with Crippen LogP contribution in [0.3, 0.4) is 0 Å². The third-order valence-electron chi connectivity index (χ3n) is 4.88. The first-order valence-electron chi connectivity index (χ1n) is 8.82. The predicted molar refractivity (Wildman–Crippen MR) is 98.5 cm³/mol. The van der Waals surface area contributed by atoms with Gasteiger partial charge in [0.1, 0.15) is 5.82 Å². The van der Waals surface area contributed by atoms with Gasteiger partial charge in [0.05, 0.1) is 0 Å². The number of fused-ring (bicyclic) bond motifs is 1. The maximum Gasteiger partial charge on any atom is 0.230 e. The van der Waals surface area contributed by atoms with E-state index in [-0.39, 0.29) is 17.6 Å². The van der Waals surface area contributed by atoms with Crippen molar-refractivity contribution < 1.29 is 13.8 Å². The molecule has 0 saturated heterocycles. The maximum absolute atomic E-state index is 13.5. The van der Waals surface area contributed by atoms with E-state index >= 15 is 0 Å². The highest BCUT2D eigenvalue weighted by Crippen LogP contribution is 2.26. The molecule has 26 heavy (non-hydrogen) atoms. The van der Waals surface area contributed by atoms with Gasteiger partial charge in [0, 0.05) is 36.3 Å². The van der Waals surface area contributed by atoms with E-state index in [1.54, 1.807) is 6.07 Å². The van der Waals surface area contributed by atoms with Crippen LogP contribution in [0.5, 0.6) is 0 Å². The third kappa shape index (κ3) is 3.36. The molecule has 0 amide bonds. The number of nitrogens with one attached hydrogen (secondary N) is 1. The molecular weight excluding hydrogens is 327 g/mol. The number of hydrogen-bond acceptors (Lipinski definition) is 2. The Hall–Kier alpha value is -3.01. The van der Waals surface area contributed by atoms with E-state index in [9.17, 15) is 9.18 Å². The van der Waals surface area contributed by atoms with Crippen LogP contribution in [0.2, 0.25) is 0 Å². The van der Waals surface area contributed by atoms with E-state index in [1.807, 2.05) is 47.3 Å². The Kier molecular flexibility index (Phi) is 4.48. The van der Waals surface area contributed by atoms with Crippen molar-refractivity contribution in [2.75, 3.05) is 5.32 Å². The van der Waals surface area contributed by atoms with Crippen LogP contribution in [0, 0.1) is 5.82 Å². The van der Waals surface area contributed by atoms with Crippen LogP contribution in [0.4, 0.5) is 10.1 Å². The quantitative estimate of drug-likeness (QED) is 0.721. The van der Waals surface area contributed by atoms with Crippen molar-refractivity contribution in [3.63, 3.8) is 0 Å². The number of ketones is 1. The summed E-state index contributed by atoms with van der Waals surface area (Å²) in [6, 6.07) is 18.4. The lowest BCUT2D eigenvalue weighted by atomic mass is 9.87. The number of hydrogen-bond donors (Lipinski definition) is 1. The van der Waals surface area contributed by atoms with Crippen molar-refractivity contribution in [3.8, 4) is 0 Å². The zero-order valence-electron chi connectivity index (χ0n) is 14.4. The summed E-state index contributed by atoms with van der Waals surface area (Å²) in [6.07, 6.45) is 5.35. The minimum absolute atomic E-state index is 0.0132. The summed E-state index contributed by atoms with van der Waals surface area (Å²) >= 11 is 0. The lowest BCUT2D eigenvalue weighted by Crippen LogP contribution is -2.45. The molecule has 1 unspecified atom stereocenters. The fourth-order valence-electron chi connectivity index (χ4n) is 3.45. The number of nitrogens with zero attached hydrogens (tertiary/aromatic N) is 1. The van der Waals surface area contributed by atoms with Crippen LogP contribution in [-0.4, -0.2) is 5.78 Å². The van der Waals surface area contributed by atoms with Crippen molar-refractivity contribution in [3.05, 3.63) is 95.6 Å². The largest absolute Gasteiger partial charge is 0.381 e. The van der Waals surface area contributed by atoms with Gasteiger partial charge in [-0.15, -0.1) is 0 Å². The molecule has 0 bridgehead atoms. The van der Waals surface area contributed by atoms with Gasteiger partial charge in [-0.3, -0.25) is 4.79 Å². The molecule has 1 aromatic heterocycles. The summed E-state index contributed by atoms with van der Waals surface area (Å²) < 4.78 is 15.4. The topological polar surface area (TPSA) is 33.0 Å². The zero-order chi connectivity index (χ0) is 17.9. The van der Waals surface area contributed by atoms with Crippen LogP contribution in [0.1, 0.15) is 33.9 Å². The Labute approximate surface area is 152 Å². The first-order valence-corrected chi connectivity index (χ1v) is 8.82. The van der Waals surface area contributed by atoms with Crippen molar-refractivity contribution >= 4 is 11.5 Å². The number of anilines is 1. The summed E-state index contributed by atoms with van der Waals surface area (Å²) in [4.78, 5) is 12.8. The summed E-state index contributed by atoms with van der Waals surface area (Å²) in [5.41, 5.74) is 3.67. The minimum Gasteiger partial charge on any atom is -0.381 e. The third-order valence-corrected chi connectivity index (χ3v) is 4.88. The Bertz CT molecular complexity index is 923. The molecule has 0 aliphatic heterocycles. The Morgan fingerprint density at radius 3 is 2.58 bits per heavy atom. The number of carbonyl (C=O) groups excluding carboxylic acids is 1. The van der Waals surface area contributed by atoms with Gasteiger partial charge in [-0.1, -0.05) is 36.4 Å². The van der Waals surface area contributed by atoms with E-state index in [1.165, 1.54) is 17.7 Å². The molecule has 0 saturated carbocycles. The highest BCUT2D eigenvalue weighted by Gasteiger charge is 2.34. The van der Waals surface area contributed by atoms with Crippen LogP contribution in [0.25, 0.3) is 0 Å². The molecule has 130 valence electrons. The van der Waals surface area contributed by atoms with Crippen LogP contribution in [-0.2, 0) is 13.0 Å². The average molecular weight is 347 g/mol. The highest BCUT2D eigenvalue weighted by atomic mass is 19.1. The molecule has 4 rings (SSSR count). The molecule has 0 fully saturated rings. The highest BCUT2D eigenvalue weighted by molar-refractivity contribution is 6.00. The Morgan fingerprint density at radius 2 is 1.81 bits per heavy atom. The summed E-state index contributed by atoms with van der Waals surface area (Å²) in [6.45, 7) is 0.750. The molecule has 3 nitrogen and oxygen atoms in total. The minimum atomic E-state index is -0.358. The molecule has 1 aliphatic carbocycles. The van der Waals surface area contributed by atoms with Crippen molar-refractivity contribution in [1.29, 1.82) is 0 Å². The smallest absolute Gasteiger partial charge is 0.230 e. The average Bonchev–Trinajstić information content (AvgIpc) is 2.68. The monoisotopic (exact) mass is 347 g/mol. The van der Waals surface area contributed by atoms with Crippen molar-refractivity contribution in [2.45, 2.75) is 25.4 Å². The number of aromatic nitrogens is 1. The van der Waals surface area contributed by atoms with Gasteiger partial charge in [-0.25, -0.2) is 4.39 Å². The van der Waals surface area contributed by atoms with Gasteiger partial charge in [-0.2, -0.15) is 4.57 Å². The van der Waals surface area contributed by atoms with Gasteiger partial charge in [-0.05, 0) is 29.7 Å². The lowest BCUT2D eigenvalue weighted by molar-refractivity contribution is -0.708. The van der Waals surface area contributed by atoms with E-state index in [2.05, 4.69) is 17.4 Å². The molecule has 1 heterocycles. The normalized spacial score (nSPS) is 16.2. The molecule has 2 aromatic carbocycles. The number of benzene rings is 2. The zero-order valence-corrected chi connectivity index (χ0v) is 14.4.